The summed E-state index contributed by atoms with van der Waals surface area (Å²) >= 11 is 0. The molecule has 7 aromatic carbocycles. The number of nitrogens with one attached hydrogen (secondary N) is 2. The van der Waals surface area contributed by atoms with Gasteiger partial charge in [-0.25, -0.2) is 0 Å². The molecule has 18 heteroatoms. The molecule has 7 aromatic rings. The Morgan fingerprint density at radius 3 is 1.24 bits per heavy atom. The van der Waals surface area contributed by atoms with Crippen molar-refractivity contribution in [3.05, 3.63) is 145 Å². The first-order chi connectivity index (χ1) is 27.7. The number of carbonyl (C=O) groups is 2. The molecular formula is C40H28N6O10S2. The number of benzene rings is 7. The van der Waals surface area contributed by atoms with Crippen molar-refractivity contribution < 1.29 is 45.7 Å². The van der Waals surface area contributed by atoms with E-state index in [0.717, 1.165) is 12.1 Å². The first-order valence-corrected chi connectivity index (χ1v) is 19.7. The van der Waals surface area contributed by atoms with Gasteiger partial charge in [0.25, 0.3) is 32.1 Å². The SMILES string of the molecule is O=C(Nc1ccc2c(O)c(N=Nc3ccccc3)c(S(=O)(=O)O)cc2c1)c1cccc(C(=O)Nc2ccc3c(O)c(N=Nc4ccccc4)c(S(=O)(=O)O)cc3c2)c1. The van der Waals surface area contributed by atoms with Gasteiger partial charge in [-0.1, -0.05) is 42.5 Å². The van der Waals surface area contributed by atoms with Crippen molar-refractivity contribution in [2.24, 2.45) is 20.5 Å². The van der Waals surface area contributed by atoms with Gasteiger partial charge in [0, 0.05) is 33.3 Å². The number of nitrogens with zero attached hydrogens (tertiary/aromatic N) is 4. The van der Waals surface area contributed by atoms with E-state index in [4.69, 9.17) is 0 Å². The number of amides is 2. The maximum Gasteiger partial charge on any atom is 0.296 e. The van der Waals surface area contributed by atoms with Crippen LogP contribution in [-0.2, 0) is 20.2 Å². The molecule has 0 aliphatic rings. The lowest BCUT2D eigenvalue weighted by Gasteiger charge is -2.12. The summed E-state index contributed by atoms with van der Waals surface area (Å²) in [4.78, 5) is 25.2. The topological polar surface area (TPSA) is 257 Å². The van der Waals surface area contributed by atoms with Crippen molar-refractivity contribution in [2.45, 2.75) is 9.79 Å². The second-order valence-electron chi connectivity index (χ2n) is 12.5. The van der Waals surface area contributed by atoms with E-state index >= 15 is 0 Å². The number of rotatable bonds is 10. The number of carbonyl (C=O) groups excluding carboxylic acids is 2. The lowest BCUT2D eigenvalue weighted by molar-refractivity contribution is 0.102. The van der Waals surface area contributed by atoms with Crippen LogP contribution in [0.25, 0.3) is 21.5 Å². The second-order valence-corrected chi connectivity index (χ2v) is 15.3. The first-order valence-electron chi connectivity index (χ1n) is 16.9. The average molecular weight is 817 g/mol. The zero-order chi connectivity index (χ0) is 41.2. The lowest BCUT2D eigenvalue weighted by atomic mass is 10.1. The molecular weight excluding hydrogens is 789 g/mol. The molecule has 0 aliphatic carbocycles. The summed E-state index contributed by atoms with van der Waals surface area (Å²) in [7, 11) is -9.78. The Morgan fingerprint density at radius 2 is 0.862 bits per heavy atom. The van der Waals surface area contributed by atoms with Gasteiger partial charge >= 0.3 is 0 Å². The largest absolute Gasteiger partial charge is 0.505 e. The van der Waals surface area contributed by atoms with Crippen LogP contribution in [0, 0.1) is 0 Å². The van der Waals surface area contributed by atoms with E-state index < -0.39 is 64.7 Å². The molecule has 16 nitrogen and oxygen atoms in total. The van der Waals surface area contributed by atoms with Gasteiger partial charge in [0.2, 0.25) is 0 Å². The fraction of sp³-hybridized carbons (Fsp3) is 0. The van der Waals surface area contributed by atoms with Crippen molar-refractivity contribution in [3.63, 3.8) is 0 Å². The van der Waals surface area contributed by atoms with Crippen LogP contribution in [0.5, 0.6) is 11.5 Å². The van der Waals surface area contributed by atoms with E-state index in [1.54, 1.807) is 60.7 Å². The summed E-state index contributed by atoms with van der Waals surface area (Å²) in [6.07, 6.45) is 0. The predicted molar refractivity (Wildman–Crippen MR) is 214 cm³/mol. The normalized spacial score (nSPS) is 12.0. The van der Waals surface area contributed by atoms with Crippen LogP contribution < -0.4 is 10.6 Å². The number of aromatic hydroxyl groups is 2. The maximum absolute atomic E-state index is 13.3. The van der Waals surface area contributed by atoms with Crippen LogP contribution in [0.3, 0.4) is 0 Å². The Kier molecular flexibility index (Phi) is 10.5. The fourth-order valence-corrected chi connectivity index (χ4v) is 7.17. The molecule has 0 atom stereocenters. The third-order valence-corrected chi connectivity index (χ3v) is 10.3. The van der Waals surface area contributed by atoms with Crippen LogP contribution in [0.15, 0.2) is 164 Å². The van der Waals surface area contributed by atoms with Crippen molar-refractivity contribution in [1.29, 1.82) is 0 Å². The third kappa shape index (κ3) is 8.39. The van der Waals surface area contributed by atoms with Gasteiger partial charge in [-0.05, 0) is 102 Å². The molecule has 0 aliphatic heterocycles. The highest BCUT2D eigenvalue weighted by molar-refractivity contribution is 7.86. The molecule has 0 saturated heterocycles. The van der Waals surface area contributed by atoms with Crippen LogP contribution in [0.1, 0.15) is 20.7 Å². The minimum atomic E-state index is -4.89. The molecule has 0 aromatic heterocycles. The number of fused-ring (bicyclic) bond motifs is 2. The zero-order valence-electron chi connectivity index (χ0n) is 29.5. The van der Waals surface area contributed by atoms with Crippen LogP contribution in [0.4, 0.5) is 34.1 Å². The lowest BCUT2D eigenvalue weighted by Crippen LogP contribution is -2.15. The van der Waals surface area contributed by atoms with Gasteiger partial charge in [0.05, 0.1) is 11.4 Å². The molecule has 58 heavy (non-hydrogen) atoms. The monoisotopic (exact) mass is 816 g/mol. The third-order valence-electron chi connectivity index (χ3n) is 8.60. The summed E-state index contributed by atoms with van der Waals surface area (Å²) in [5.41, 5.74) is 0.256. The Labute approximate surface area is 329 Å². The highest BCUT2D eigenvalue weighted by atomic mass is 32.2. The van der Waals surface area contributed by atoms with E-state index in [9.17, 15) is 45.7 Å². The molecule has 290 valence electrons. The number of hydrogen-bond donors (Lipinski definition) is 6. The summed E-state index contributed by atoms with van der Waals surface area (Å²) in [5.74, 6) is -2.45. The highest BCUT2D eigenvalue weighted by Gasteiger charge is 2.24. The van der Waals surface area contributed by atoms with Crippen molar-refractivity contribution in [3.8, 4) is 11.5 Å². The van der Waals surface area contributed by atoms with Crippen LogP contribution in [0.2, 0.25) is 0 Å². The molecule has 2 amide bonds. The molecule has 0 bridgehead atoms. The van der Waals surface area contributed by atoms with Crippen LogP contribution >= 0.6 is 0 Å². The fourth-order valence-electron chi connectivity index (χ4n) is 5.86. The van der Waals surface area contributed by atoms with Crippen LogP contribution in [-0.4, -0.2) is 48.0 Å². The summed E-state index contributed by atoms with van der Waals surface area (Å²) in [6, 6.07) is 32.9. The maximum atomic E-state index is 13.3. The summed E-state index contributed by atoms with van der Waals surface area (Å²) < 4.78 is 69.1. The van der Waals surface area contributed by atoms with Gasteiger partial charge in [-0.15, -0.1) is 10.2 Å². The zero-order valence-corrected chi connectivity index (χ0v) is 31.2. The molecule has 0 fully saturated rings. The van der Waals surface area contributed by atoms with Crippen molar-refractivity contribution in [2.75, 3.05) is 10.6 Å². The molecule has 0 heterocycles. The quantitative estimate of drug-likeness (QED) is 0.0563. The highest BCUT2D eigenvalue weighted by Crippen LogP contribution is 2.43. The number of phenolic OH excluding ortho intramolecular Hbond substituents is 2. The molecule has 6 N–H and O–H groups in total. The van der Waals surface area contributed by atoms with E-state index in [2.05, 4.69) is 31.1 Å². The Bertz CT molecular complexity index is 2870. The van der Waals surface area contributed by atoms with E-state index in [-0.39, 0.29) is 44.0 Å². The Balaban J connectivity index is 1.11. The van der Waals surface area contributed by atoms with Gasteiger partial charge < -0.3 is 20.8 Å². The smallest absolute Gasteiger partial charge is 0.296 e. The van der Waals surface area contributed by atoms with Gasteiger partial charge in [0.1, 0.15) is 21.2 Å². The summed E-state index contributed by atoms with van der Waals surface area (Å²) in [6.45, 7) is 0. The molecule has 0 saturated carbocycles. The molecule has 0 radical (unpaired) electrons. The van der Waals surface area contributed by atoms with Crippen molar-refractivity contribution >= 4 is 87.7 Å². The van der Waals surface area contributed by atoms with Gasteiger partial charge in [-0.3, -0.25) is 18.7 Å². The van der Waals surface area contributed by atoms with Gasteiger partial charge in [0.15, 0.2) is 11.5 Å². The second kappa shape index (κ2) is 15.6. The standard InChI is InChI=1S/C40H28N6O10S2/c47-37-31-16-14-29(19-25(31)21-33(57(51,52)53)35(37)45-43-27-10-3-1-4-11-27)41-39(49)23-8-7-9-24(18-23)40(50)42-30-15-17-32-26(20-30)22-34(58(54,55)56)36(38(32)48)46-44-28-12-5-2-6-13-28/h1-22,47-48H,(H,41,49)(H,42,50)(H,51,52,53)(H,54,55,56). The first kappa shape index (κ1) is 38.9. The van der Waals surface area contributed by atoms with E-state index in [0.29, 0.717) is 11.4 Å². The van der Waals surface area contributed by atoms with Crippen molar-refractivity contribution in [1.82, 2.24) is 0 Å². The Morgan fingerprint density at radius 1 is 0.466 bits per heavy atom. The molecule has 7 rings (SSSR count). The van der Waals surface area contributed by atoms with E-state index in [1.165, 1.54) is 60.7 Å². The minimum absolute atomic E-state index is 0.0596. The number of phenols is 2. The molecule has 0 unspecified atom stereocenters. The molecule has 0 spiro atoms. The average Bonchev–Trinajstić information content (AvgIpc) is 3.20. The van der Waals surface area contributed by atoms with Gasteiger partial charge in [-0.2, -0.15) is 27.1 Å². The Hall–Kier alpha value is -7.38. The summed E-state index contributed by atoms with van der Waals surface area (Å²) in [5, 5.41) is 43.5. The predicted octanol–water partition coefficient (Wildman–Crippen LogP) is 9.23. The number of azo groups is 2. The number of anilines is 2. The number of hydrogen-bond acceptors (Lipinski definition) is 12. The van der Waals surface area contributed by atoms with E-state index in [1.807, 2.05) is 0 Å². The minimum Gasteiger partial charge on any atom is -0.505 e.